The van der Waals surface area contributed by atoms with Gasteiger partial charge in [-0.3, -0.25) is 4.98 Å². The van der Waals surface area contributed by atoms with E-state index in [2.05, 4.69) is 10.1 Å². The second kappa shape index (κ2) is 3.53. The molecule has 2 rings (SSSR count). The van der Waals surface area contributed by atoms with Crippen LogP contribution in [0, 0.1) is 11.8 Å². The monoisotopic (exact) mass is 195 g/mol. The fourth-order valence-corrected chi connectivity index (χ4v) is 1.11. The van der Waals surface area contributed by atoms with Crippen molar-refractivity contribution in [3.05, 3.63) is 48.1 Å². The zero-order chi connectivity index (χ0) is 9.97. The van der Waals surface area contributed by atoms with Gasteiger partial charge in [0.05, 0.1) is 18.4 Å². The molecule has 5 heteroatoms. The third-order valence-electron chi connectivity index (χ3n) is 1.80. The molecule has 14 heavy (non-hydrogen) atoms. The van der Waals surface area contributed by atoms with E-state index in [1.54, 1.807) is 0 Å². The molecule has 0 aliphatic rings. The molecule has 0 saturated carbocycles. The van der Waals surface area contributed by atoms with E-state index in [4.69, 9.17) is 0 Å². The highest BCUT2D eigenvalue weighted by molar-refractivity contribution is 5.07. The lowest BCUT2D eigenvalue weighted by atomic mass is 10.3. The molecule has 0 N–H and O–H groups in total. The van der Waals surface area contributed by atoms with Gasteiger partial charge in [-0.15, -0.1) is 0 Å². The first-order valence-corrected chi connectivity index (χ1v) is 4.04. The summed E-state index contributed by atoms with van der Waals surface area (Å²) in [4.78, 5) is 3.79. The highest BCUT2D eigenvalue weighted by Gasteiger charge is 2.06. The summed E-state index contributed by atoms with van der Waals surface area (Å²) in [6.45, 7) is 0.00546. The summed E-state index contributed by atoms with van der Waals surface area (Å²) in [6, 6.07) is 3.98. The molecule has 0 fully saturated rings. The number of pyridine rings is 1. The van der Waals surface area contributed by atoms with Gasteiger partial charge in [0.15, 0.2) is 0 Å². The largest absolute Gasteiger partial charge is 0.256 e. The van der Waals surface area contributed by atoms with Crippen LogP contribution in [0.3, 0.4) is 0 Å². The Labute approximate surface area is 79.0 Å². The van der Waals surface area contributed by atoms with Crippen molar-refractivity contribution in [2.24, 2.45) is 0 Å². The van der Waals surface area contributed by atoms with E-state index >= 15 is 0 Å². The third kappa shape index (κ3) is 1.61. The smallest absolute Gasteiger partial charge is 0.211 e. The minimum Gasteiger partial charge on any atom is -0.256 e. The lowest BCUT2D eigenvalue weighted by molar-refractivity contribution is 0.467. The summed E-state index contributed by atoms with van der Waals surface area (Å²) >= 11 is 0. The van der Waals surface area contributed by atoms with Gasteiger partial charge < -0.3 is 0 Å². The fraction of sp³-hybridized carbons (Fsp3) is 0.111. The van der Waals surface area contributed by atoms with Crippen LogP contribution in [0.1, 0.15) is 5.69 Å². The van der Waals surface area contributed by atoms with Gasteiger partial charge in [0.25, 0.3) is 0 Å². The zero-order valence-corrected chi connectivity index (χ0v) is 7.19. The quantitative estimate of drug-likeness (QED) is 0.728. The van der Waals surface area contributed by atoms with Crippen LogP contribution < -0.4 is 0 Å². The van der Waals surface area contributed by atoms with Crippen LogP contribution >= 0.6 is 0 Å². The van der Waals surface area contributed by atoms with Gasteiger partial charge in [-0.1, -0.05) is 0 Å². The number of nitrogens with zero attached hydrogens (tertiary/aromatic N) is 3. The number of rotatable bonds is 2. The molecule has 2 heterocycles. The van der Waals surface area contributed by atoms with Gasteiger partial charge in [-0.25, -0.2) is 9.07 Å². The number of hydrogen-bond donors (Lipinski definition) is 0. The SMILES string of the molecule is Fc1cccnc1Cn1nccc1F. The van der Waals surface area contributed by atoms with Crippen LogP contribution in [0.4, 0.5) is 8.78 Å². The molecular weight excluding hydrogens is 188 g/mol. The second-order valence-corrected chi connectivity index (χ2v) is 2.74. The van der Waals surface area contributed by atoms with Crippen molar-refractivity contribution in [2.45, 2.75) is 6.54 Å². The van der Waals surface area contributed by atoms with Gasteiger partial charge in [0.1, 0.15) is 5.82 Å². The predicted octanol–water partition coefficient (Wildman–Crippen LogP) is 1.60. The summed E-state index contributed by atoms with van der Waals surface area (Å²) in [6.07, 6.45) is 2.77. The highest BCUT2D eigenvalue weighted by atomic mass is 19.1. The summed E-state index contributed by atoms with van der Waals surface area (Å²) in [5.41, 5.74) is 0.176. The summed E-state index contributed by atoms with van der Waals surface area (Å²) in [5, 5.41) is 3.69. The number of aromatic nitrogens is 3. The molecule has 0 unspecified atom stereocenters. The lowest BCUT2D eigenvalue weighted by Crippen LogP contribution is -2.07. The van der Waals surface area contributed by atoms with Gasteiger partial charge in [0, 0.05) is 12.3 Å². The maximum Gasteiger partial charge on any atom is 0.211 e. The fourth-order valence-electron chi connectivity index (χ4n) is 1.11. The Bertz CT molecular complexity index is 439. The molecule has 72 valence electrons. The minimum atomic E-state index is -0.505. The maximum absolute atomic E-state index is 13.1. The average Bonchev–Trinajstić information content (AvgIpc) is 2.56. The zero-order valence-electron chi connectivity index (χ0n) is 7.19. The van der Waals surface area contributed by atoms with E-state index in [0.717, 1.165) is 4.68 Å². The molecule has 0 spiro atoms. The van der Waals surface area contributed by atoms with E-state index in [-0.39, 0.29) is 12.2 Å². The first kappa shape index (κ1) is 8.80. The van der Waals surface area contributed by atoms with Crippen LogP contribution in [0.15, 0.2) is 30.6 Å². The normalized spacial score (nSPS) is 10.4. The first-order valence-electron chi connectivity index (χ1n) is 4.04. The summed E-state index contributed by atoms with van der Waals surface area (Å²) in [7, 11) is 0. The molecular formula is C9H7F2N3. The van der Waals surface area contributed by atoms with E-state index in [1.807, 2.05) is 0 Å². The highest BCUT2D eigenvalue weighted by Crippen LogP contribution is 2.05. The standard InChI is InChI=1S/C9H7F2N3/c10-7-2-1-4-12-8(7)6-14-9(11)3-5-13-14/h1-5H,6H2. The van der Waals surface area contributed by atoms with Crippen molar-refractivity contribution < 1.29 is 8.78 Å². The Hall–Kier alpha value is -1.78. The maximum atomic E-state index is 13.1. The molecule has 0 bridgehead atoms. The predicted molar refractivity (Wildman–Crippen MR) is 45.5 cm³/mol. The summed E-state index contributed by atoms with van der Waals surface area (Å²) < 4.78 is 27.1. The molecule has 0 aromatic carbocycles. The molecule has 0 atom stereocenters. The Balaban J connectivity index is 2.28. The molecule has 0 saturated heterocycles. The van der Waals surface area contributed by atoms with Crippen LogP contribution in [0.2, 0.25) is 0 Å². The second-order valence-electron chi connectivity index (χ2n) is 2.74. The Morgan fingerprint density at radius 3 is 2.71 bits per heavy atom. The average molecular weight is 195 g/mol. The summed E-state index contributed by atoms with van der Waals surface area (Å²) in [5.74, 6) is -0.961. The molecule has 2 aromatic heterocycles. The van der Waals surface area contributed by atoms with Crippen molar-refractivity contribution in [2.75, 3.05) is 0 Å². The van der Waals surface area contributed by atoms with Crippen LogP contribution in [0.25, 0.3) is 0 Å². The van der Waals surface area contributed by atoms with Crippen molar-refractivity contribution in [3.8, 4) is 0 Å². The molecule has 0 radical (unpaired) electrons. The van der Waals surface area contributed by atoms with Gasteiger partial charge in [0.2, 0.25) is 5.95 Å². The van der Waals surface area contributed by atoms with Crippen LogP contribution in [0.5, 0.6) is 0 Å². The van der Waals surface area contributed by atoms with Gasteiger partial charge in [-0.05, 0) is 12.1 Å². The van der Waals surface area contributed by atoms with Crippen molar-refractivity contribution in [3.63, 3.8) is 0 Å². The van der Waals surface area contributed by atoms with E-state index < -0.39 is 11.8 Å². The van der Waals surface area contributed by atoms with E-state index in [1.165, 1.54) is 30.6 Å². The minimum absolute atomic E-state index is 0.00546. The number of hydrogen-bond acceptors (Lipinski definition) is 2. The molecule has 0 amide bonds. The Kier molecular flexibility index (Phi) is 2.22. The van der Waals surface area contributed by atoms with Crippen molar-refractivity contribution in [1.29, 1.82) is 0 Å². The first-order chi connectivity index (χ1) is 6.77. The van der Waals surface area contributed by atoms with E-state index in [0.29, 0.717) is 0 Å². The van der Waals surface area contributed by atoms with E-state index in [9.17, 15) is 8.78 Å². The lowest BCUT2D eigenvalue weighted by Gasteiger charge is -2.02. The van der Waals surface area contributed by atoms with Gasteiger partial charge in [-0.2, -0.15) is 9.49 Å². The molecule has 0 aliphatic carbocycles. The van der Waals surface area contributed by atoms with Gasteiger partial charge >= 0.3 is 0 Å². The number of halogens is 2. The molecule has 2 aromatic rings. The molecule has 3 nitrogen and oxygen atoms in total. The topological polar surface area (TPSA) is 30.7 Å². The van der Waals surface area contributed by atoms with Crippen LogP contribution in [-0.2, 0) is 6.54 Å². The van der Waals surface area contributed by atoms with Crippen LogP contribution in [-0.4, -0.2) is 14.8 Å². The third-order valence-corrected chi connectivity index (χ3v) is 1.80. The Morgan fingerprint density at radius 2 is 2.07 bits per heavy atom. The van der Waals surface area contributed by atoms with Crippen molar-refractivity contribution >= 4 is 0 Å². The van der Waals surface area contributed by atoms with Crippen molar-refractivity contribution in [1.82, 2.24) is 14.8 Å². The Morgan fingerprint density at radius 1 is 1.21 bits per heavy atom. The molecule has 0 aliphatic heterocycles.